The minimum Gasteiger partial charge on any atom is -0.478 e. The number of pyridine rings is 1. The molecule has 0 bridgehead atoms. The molecule has 33 heavy (non-hydrogen) atoms. The number of amides is 1. The Labute approximate surface area is 193 Å². The lowest BCUT2D eigenvalue weighted by molar-refractivity contribution is -0.117. The fourth-order valence-corrected chi connectivity index (χ4v) is 4.13. The van der Waals surface area contributed by atoms with Gasteiger partial charge in [0.25, 0.3) is 0 Å². The molecular formula is C24H19ClN4O4. The third-order valence-corrected chi connectivity index (χ3v) is 5.87. The van der Waals surface area contributed by atoms with Crippen molar-refractivity contribution >= 4 is 40.3 Å². The van der Waals surface area contributed by atoms with Gasteiger partial charge in [0.05, 0.1) is 21.8 Å². The molecule has 4 aromatic rings. The van der Waals surface area contributed by atoms with Crippen molar-refractivity contribution in [3.63, 3.8) is 0 Å². The first-order chi connectivity index (χ1) is 15.9. The largest absolute Gasteiger partial charge is 0.478 e. The number of aryl methyl sites for hydroxylation is 1. The molecule has 5 rings (SSSR count). The van der Waals surface area contributed by atoms with Gasteiger partial charge in [0.1, 0.15) is 5.75 Å². The van der Waals surface area contributed by atoms with E-state index in [0.717, 1.165) is 24.2 Å². The number of H-pyrrole nitrogens is 1. The molecule has 2 aromatic carbocycles. The van der Waals surface area contributed by atoms with E-state index in [1.807, 2.05) is 24.3 Å². The first-order valence-corrected chi connectivity index (χ1v) is 10.8. The number of fused-ring (bicyclic) bond motifs is 1. The summed E-state index contributed by atoms with van der Waals surface area (Å²) in [6, 6.07) is 14.2. The third-order valence-electron chi connectivity index (χ3n) is 5.58. The summed E-state index contributed by atoms with van der Waals surface area (Å²) in [7, 11) is 0. The molecule has 9 heteroatoms. The molecule has 1 fully saturated rings. The maximum absolute atomic E-state index is 12.0. The number of hydrogen-bond donors (Lipinski definition) is 2. The lowest BCUT2D eigenvalue weighted by Crippen LogP contribution is -2.23. The smallest absolute Gasteiger partial charge is 0.336 e. The van der Waals surface area contributed by atoms with Crippen molar-refractivity contribution in [3.05, 3.63) is 64.7 Å². The first kappa shape index (κ1) is 21.0. The number of nitrogens with zero attached hydrogens (tertiary/aromatic N) is 3. The van der Waals surface area contributed by atoms with E-state index >= 15 is 0 Å². The number of carbonyl (C=O) groups excluding carboxylic acids is 1. The van der Waals surface area contributed by atoms with Gasteiger partial charge in [0.15, 0.2) is 5.65 Å². The van der Waals surface area contributed by atoms with Crippen LogP contribution in [0.5, 0.6) is 11.8 Å². The number of aromatic amines is 1. The van der Waals surface area contributed by atoms with Crippen LogP contribution >= 0.6 is 11.6 Å². The van der Waals surface area contributed by atoms with E-state index in [1.165, 1.54) is 6.07 Å². The van der Waals surface area contributed by atoms with Gasteiger partial charge < -0.3 is 19.7 Å². The lowest BCUT2D eigenvalue weighted by atomic mass is 10.1. The molecule has 0 saturated carbocycles. The molecule has 1 amide bonds. The molecule has 3 heterocycles. The summed E-state index contributed by atoms with van der Waals surface area (Å²) >= 11 is 6.49. The van der Waals surface area contributed by atoms with Crippen LogP contribution in [0.4, 0.5) is 5.69 Å². The van der Waals surface area contributed by atoms with Crippen molar-refractivity contribution < 1.29 is 19.4 Å². The minimum atomic E-state index is -1.03. The SMILES string of the molecule is Cc1ccc(Oc2nc3nc(-c4ccc(N5CCCC5=O)cc4)c(Cl)cc3[nH]2)cc1C(=O)O. The Morgan fingerprint density at radius 2 is 1.94 bits per heavy atom. The Hall–Kier alpha value is -3.91. The highest BCUT2D eigenvalue weighted by Gasteiger charge is 2.22. The molecule has 1 saturated heterocycles. The Morgan fingerprint density at radius 1 is 1.15 bits per heavy atom. The van der Waals surface area contributed by atoms with Crippen LogP contribution in [0.25, 0.3) is 22.4 Å². The van der Waals surface area contributed by atoms with Gasteiger partial charge in [-0.15, -0.1) is 0 Å². The molecule has 2 aromatic heterocycles. The van der Waals surface area contributed by atoms with Gasteiger partial charge in [-0.3, -0.25) is 4.79 Å². The molecule has 1 aliphatic rings. The van der Waals surface area contributed by atoms with E-state index in [9.17, 15) is 14.7 Å². The Kier molecular flexibility index (Phi) is 5.22. The van der Waals surface area contributed by atoms with Crippen LogP contribution in [0, 0.1) is 6.92 Å². The van der Waals surface area contributed by atoms with Gasteiger partial charge in [-0.1, -0.05) is 29.8 Å². The average molecular weight is 463 g/mol. The van der Waals surface area contributed by atoms with Crippen molar-refractivity contribution in [2.45, 2.75) is 19.8 Å². The lowest BCUT2D eigenvalue weighted by Gasteiger charge is -2.16. The quantitative estimate of drug-likeness (QED) is 0.421. The summed E-state index contributed by atoms with van der Waals surface area (Å²) in [5.41, 5.74) is 4.01. The van der Waals surface area contributed by atoms with E-state index < -0.39 is 5.97 Å². The van der Waals surface area contributed by atoms with E-state index in [1.54, 1.807) is 30.0 Å². The number of hydrogen-bond acceptors (Lipinski definition) is 5. The van der Waals surface area contributed by atoms with E-state index in [0.29, 0.717) is 39.6 Å². The monoisotopic (exact) mass is 462 g/mol. The van der Waals surface area contributed by atoms with Gasteiger partial charge in [0.2, 0.25) is 5.91 Å². The number of aromatic nitrogens is 3. The molecule has 0 atom stereocenters. The highest BCUT2D eigenvalue weighted by Crippen LogP contribution is 2.32. The maximum Gasteiger partial charge on any atom is 0.336 e. The topological polar surface area (TPSA) is 108 Å². The molecule has 0 radical (unpaired) electrons. The second-order valence-corrected chi connectivity index (χ2v) is 8.22. The van der Waals surface area contributed by atoms with Crippen molar-refractivity contribution in [2.24, 2.45) is 0 Å². The number of aromatic carboxylic acids is 1. The number of benzene rings is 2. The number of carbonyl (C=O) groups is 2. The molecule has 0 aliphatic carbocycles. The van der Waals surface area contributed by atoms with Crippen molar-refractivity contribution in [1.29, 1.82) is 0 Å². The second kappa shape index (κ2) is 8.22. The number of halogens is 1. The van der Waals surface area contributed by atoms with Crippen molar-refractivity contribution in [1.82, 2.24) is 15.0 Å². The predicted molar refractivity (Wildman–Crippen MR) is 124 cm³/mol. The van der Waals surface area contributed by atoms with E-state index in [-0.39, 0.29) is 17.5 Å². The zero-order chi connectivity index (χ0) is 23.1. The summed E-state index contributed by atoms with van der Waals surface area (Å²) in [6.45, 7) is 2.45. The van der Waals surface area contributed by atoms with E-state index in [2.05, 4.69) is 15.0 Å². The average Bonchev–Trinajstić information content (AvgIpc) is 3.39. The van der Waals surface area contributed by atoms with Gasteiger partial charge in [-0.2, -0.15) is 4.98 Å². The van der Waals surface area contributed by atoms with Crippen LogP contribution in [0.3, 0.4) is 0 Å². The Balaban J connectivity index is 1.43. The fourth-order valence-electron chi connectivity index (χ4n) is 3.87. The number of carboxylic acids is 1. The molecule has 0 unspecified atom stereocenters. The predicted octanol–water partition coefficient (Wildman–Crippen LogP) is 5.20. The van der Waals surface area contributed by atoms with Crippen LogP contribution in [-0.4, -0.2) is 38.5 Å². The number of rotatable bonds is 5. The number of nitrogens with one attached hydrogen (secondary N) is 1. The third kappa shape index (κ3) is 4.01. The minimum absolute atomic E-state index is 0.133. The fraction of sp³-hybridized carbons (Fsp3) is 0.167. The number of anilines is 1. The molecule has 166 valence electrons. The van der Waals surface area contributed by atoms with Crippen LogP contribution in [0.1, 0.15) is 28.8 Å². The summed E-state index contributed by atoms with van der Waals surface area (Å²) < 4.78 is 5.73. The molecule has 8 nitrogen and oxygen atoms in total. The zero-order valence-corrected chi connectivity index (χ0v) is 18.4. The molecular weight excluding hydrogens is 444 g/mol. The normalized spacial score (nSPS) is 13.6. The van der Waals surface area contributed by atoms with Gasteiger partial charge in [-0.25, -0.2) is 9.78 Å². The van der Waals surface area contributed by atoms with Gasteiger partial charge >= 0.3 is 12.0 Å². The second-order valence-electron chi connectivity index (χ2n) is 7.81. The highest BCUT2D eigenvalue weighted by atomic mass is 35.5. The zero-order valence-electron chi connectivity index (χ0n) is 17.6. The summed E-state index contributed by atoms with van der Waals surface area (Å²) in [5, 5.41) is 9.74. The molecule has 1 aliphatic heterocycles. The maximum atomic E-state index is 12.0. The first-order valence-electron chi connectivity index (χ1n) is 10.4. The summed E-state index contributed by atoms with van der Waals surface area (Å²) in [6.07, 6.45) is 1.45. The van der Waals surface area contributed by atoms with E-state index in [4.69, 9.17) is 16.3 Å². The van der Waals surface area contributed by atoms with Crippen LogP contribution in [0.2, 0.25) is 5.02 Å². The van der Waals surface area contributed by atoms with Crippen molar-refractivity contribution in [3.8, 4) is 23.0 Å². The summed E-state index contributed by atoms with van der Waals surface area (Å²) in [5.74, 6) is -0.551. The van der Waals surface area contributed by atoms with Gasteiger partial charge in [0, 0.05) is 24.2 Å². The Morgan fingerprint density at radius 3 is 2.64 bits per heavy atom. The number of carboxylic acid groups (broad SMARTS) is 1. The molecule has 0 spiro atoms. The number of imidazole rings is 1. The van der Waals surface area contributed by atoms with Crippen LogP contribution < -0.4 is 9.64 Å². The van der Waals surface area contributed by atoms with Crippen LogP contribution in [0.15, 0.2) is 48.5 Å². The highest BCUT2D eigenvalue weighted by molar-refractivity contribution is 6.33. The summed E-state index contributed by atoms with van der Waals surface area (Å²) in [4.78, 5) is 37.1. The Bertz CT molecular complexity index is 1400. The number of ether oxygens (including phenoxy) is 1. The van der Waals surface area contributed by atoms with Crippen molar-refractivity contribution in [2.75, 3.05) is 11.4 Å². The van der Waals surface area contributed by atoms with Gasteiger partial charge in [-0.05, 0) is 49.2 Å². The standard InChI is InChI=1S/C24H19ClN4O4/c1-13-4-9-16(11-17(13)23(31)32)33-24-26-19-12-18(25)21(27-22(19)28-24)14-5-7-15(8-6-14)29-10-2-3-20(29)30/h4-9,11-12H,2-3,10H2,1H3,(H,31,32)(H,26,27,28). The van der Waals surface area contributed by atoms with Crippen LogP contribution in [-0.2, 0) is 4.79 Å². The molecule has 2 N–H and O–H groups in total.